The highest BCUT2D eigenvalue weighted by molar-refractivity contribution is 5.47. The van der Waals surface area contributed by atoms with Crippen molar-refractivity contribution < 1.29 is 9.47 Å². The minimum atomic E-state index is 0.542. The summed E-state index contributed by atoms with van der Waals surface area (Å²) < 4.78 is 10.5. The summed E-state index contributed by atoms with van der Waals surface area (Å²) in [6, 6.07) is 9.35. The van der Waals surface area contributed by atoms with Crippen molar-refractivity contribution in [1.29, 1.82) is 0 Å². The highest BCUT2D eigenvalue weighted by Crippen LogP contribution is 2.21. The first kappa shape index (κ1) is 14.2. The molecule has 106 valence electrons. The summed E-state index contributed by atoms with van der Waals surface area (Å²) in [7, 11) is 3.86. The SMILES string of the molecule is COCCOc1ccc(NC2CC(C)N(C)C2)cc1. The number of ether oxygens (including phenoxy) is 2. The minimum Gasteiger partial charge on any atom is -0.491 e. The molecule has 0 amide bonds. The van der Waals surface area contributed by atoms with E-state index < -0.39 is 0 Å². The molecule has 1 fully saturated rings. The van der Waals surface area contributed by atoms with E-state index >= 15 is 0 Å². The molecular weight excluding hydrogens is 240 g/mol. The van der Waals surface area contributed by atoms with Gasteiger partial charge < -0.3 is 19.7 Å². The van der Waals surface area contributed by atoms with E-state index in [4.69, 9.17) is 9.47 Å². The van der Waals surface area contributed by atoms with Crippen molar-refractivity contribution in [3.63, 3.8) is 0 Å². The zero-order valence-corrected chi connectivity index (χ0v) is 12.1. The predicted molar refractivity (Wildman–Crippen MR) is 77.9 cm³/mol. The Hall–Kier alpha value is -1.26. The van der Waals surface area contributed by atoms with Gasteiger partial charge in [-0.25, -0.2) is 0 Å². The normalized spacial score (nSPS) is 23.5. The van der Waals surface area contributed by atoms with Gasteiger partial charge in [-0.1, -0.05) is 0 Å². The molecule has 1 aromatic rings. The lowest BCUT2D eigenvalue weighted by molar-refractivity contribution is 0.146. The lowest BCUT2D eigenvalue weighted by Gasteiger charge is -2.14. The number of anilines is 1. The summed E-state index contributed by atoms with van der Waals surface area (Å²) in [6.07, 6.45) is 1.20. The Kier molecular flexibility index (Phi) is 5.05. The van der Waals surface area contributed by atoms with Gasteiger partial charge in [-0.05, 0) is 44.7 Å². The average Bonchev–Trinajstić information content (AvgIpc) is 2.71. The van der Waals surface area contributed by atoms with Gasteiger partial charge in [0.25, 0.3) is 0 Å². The number of hydrogen-bond donors (Lipinski definition) is 1. The van der Waals surface area contributed by atoms with Crippen molar-refractivity contribution in [2.75, 3.05) is 39.2 Å². The standard InChI is InChI=1S/C15H24N2O2/c1-12-10-14(11-17(12)2)16-13-4-6-15(7-5-13)19-9-8-18-3/h4-7,12,14,16H,8-11H2,1-3H3. The van der Waals surface area contributed by atoms with Gasteiger partial charge in [0.2, 0.25) is 0 Å². The zero-order chi connectivity index (χ0) is 13.7. The van der Waals surface area contributed by atoms with Crippen LogP contribution in [0.3, 0.4) is 0 Å². The average molecular weight is 264 g/mol. The molecule has 4 heteroatoms. The fourth-order valence-corrected chi connectivity index (χ4v) is 2.42. The van der Waals surface area contributed by atoms with Crippen molar-refractivity contribution >= 4 is 5.69 Å². The van der Waals surface area contributed by atoms with E-state index in [0.29, 0.717) is 25.3 Å². The number of likely N-dealkylation sites (tertiary alicyclic amines) is 1. The van der Waals surface area contributed by atoms with Crippen LogP contribution in [0.1, 0.15) is 13.3 Å². The summed E-state index contributed by atoms with van der Waals surface area (Å²) in [4.78, 5) is 2.39. The fourth-order valence-electron chi connectivity index (χ4n) is 2.42. The van der Waals surface area contributed by atoms with Gasteiger partial charge in [0.15, 0.2) is 0 Å². The van der Waals surface area contributed by atoms with Crippen molar-refractivity contribution in [2.45, 2.75) is 25.4 Å². The summed E-state index contributed by atoms with van der Waals surface area (Å²) in [5, 5.41) is 3.57. The Bertz CT molecular complexity index is 370. The van der Waals surface area contributed by atoms with Crippen LogP contribution in [0.5, 0.6) is 5.75 Å². The first-order valence-corrected chi connectivity index (χ1v) is 6.87. The summed E-state index contributed by atoms with van der Waals surface area (Å²) in [6.45, 7) is 4.59. The Morgan fingerprint density at radius 2 is 2.00 bits per heavy atom. The lowest BCUT2D eigenvalue weighted by Crippen LogP contribution is -2.24. The third kappa shape index (κ3) is 4.11. The van der Waals surface area contributed by atoms with E-state index in [2.05, 4.69) is 36.3 Å². The second-order valence-corrected chi connectivity index (χ2v) is 5.23. The molecule has 1 N–H and O–H groups in total. The van der Waals surface area contributed by atoms with Gasteiger partial charge in [0.1, 0.15) is 12.4 Å². The number of nitrogens with one attached hydrogen (secondary N) is 1. The first-order valence-electron chi connectivity index (χ1n) is 6.87. The first-order chi connectivity index (χ1) is 9.19. The lowest BCUT2D eigenvalue weighted by atomic mass is 10.2. The molecule has 0 radical (unpaired) electrons. The maximum absolute atomic E-state index is 5.54. The minimum absolute atomic E-state index is 0.542. The predicted octanol–water partition coefficient (Wildman–Crippen LogP) is 2.22. The van der Waals surface area contributed by atoms with Crippen LogP contribution in [0.25, 0.3) is 0 Å². The van der Waals surface area contributed by atoms with Crippen LogP contribution >= 0.6 is 0 Å². The topological polar surface area (TPSA) is 33.7 Å². The van der Waals surface area contributed by atoms with Gasteiger partial charge in [-0.3, -0.25) is 0 Å². The van der Waals surface area contributed by atoms with Gasteiger partial charge in [-0.15, -0.1) is 0 Å². The van der Waals surface area contributed by atoms with Crippen LogP contribution in [-0.2, 0) is 4.74 Å². The van der Waals surface area contributed by atoms with Crippen molar-refractivity contribution in [1.82, 2.24) is 4.90 Å². The highest BCUT2D eigenvalue weighted by atomic mass is 16.5. The van der Waals surface area contributed by atoms with E-state index in [0.717, 1.165) is 18.0 Å². The maximum Gasteiger partial charge on any atom is 0.119 e. The zero-order valence-electron chi connectivity index (χ0n) is 12.1. The second kappa shape index (κ2) is 6.78. The Balaban J connectivity index is 1.82. The smallest absolute Gasteiger partial charge is 0.119 e. The largest absolute Gasteiger partial charge is 0.491 e. The molecule has 1 heterocycles. The monoisotopic (exact) mass is 264 g/mol. The third-order valence-corrected chi connectivity index (χ3v) is 3.67. The van der Waals surface area contributed by atoms with Crippen molar-refractivity contribution in [3.05, 3.63) is 24.3 Å². The molecule has 2 rings (SSSR count). The molecule has 2 unspecified atom stereocenters. The number of nitrogens with zero attached hydrogens (tertiary/aromatic N) is 1. The number of hydrogen-bond acceptors (Lipinski definition) is 4. The maximum atomic E-state index is 5.54. The van der Waals surface area contributed by atoms with Crippen molar-refractivity contribution in [3.8, 4) is 5.75 Å². The summed E-state index contributed by atoms with van der Waals surface area (Å²) in [5.41, 5.74) is 1.16. The summed E-state index contributed by atoms with van der Waals surface area (Å²) >= 11 is 0. The van der Waals surface area contributed by atoms with E-state index in [-0.39, 0.29) is 0 Å². The summed E-state index contributed by atoms with van der Waals surface area (Å²) in [5.74, 6) is 0.888. The molecule has 0 saturated carbocycles. The molecule has 2 atom stereocenters. The molecule has 0 aliphatic carbocycles. The van der Waals surface area contributed by atoms with E-state index in [1.165, 1.54) is 6.42 Å². The van der Waals surface area contributed by atoms with Crippen LogP contribution in [0.2, 0.25) is 0 Å². The quantitative estimate of drug-likeness (QED) is 0.799. The van der Waals surface area contributed by atoms with Crippen LogP contribution < -0.4 is 10.1 Å². The molecule has 0 spiro atoms. The highest BCUT2D eigenvalue weighted by Gasteiger charge is 2.25. The number of rotatable bonds is 6. The van der Waals surface area contributed by atoms with Gasteiger partial charge in [0.05, 0.1) is 6.61 Å². The number of benzene rings is 1. The Morgan fingerprint density at radius 1 is 1.26 bits per heavy atom. The number of methoxy groups -OCH3 is 1. The van der Waals surface area contributed by atoms with Crippen LogP contribution in [0.15, 0.2) is 24.3 Å². The molecule has 1 aromatic carbocycles. The van der Waals surface area contributed by atoms with E-state index in [1.807, 2.05) is 12.1 Å². The van der Waals surface area contributed by atoms with Gasteiger partial charge >= 0.3 is 0 Å². The van der Waals surface area contributed by atoms with Gasteiger partial charge in [-0.2, -0.15) is 0 Å². The molecule has 1 aliphatic heterocycles. The molecule has 4 nitrogen and oxygen atoms in total. The molecule has 1 aliphatic rings. The molecule has 0 aromatic heterocycles. The van der Waals surface area contributed by atoms with Gasteiger partial charge in [0, 0.05) is 31.4 Å². The van der Waals surface area contributed by atoms with Crippen LogP contribution in [0, 0.1) is 0 Å². The van der Waals surface area contributed by atoms with Crippen LogP contribution in [-0.4, -0.2) is 50.9 Å². The van der Waals surface area contributed by atoms with Crippen molar-refractivity contribution in [2.24, 2.45) is 0 Å². The molecule has 19 heavy (non-hydrogen) atoms. The van der Waals surface area contributed by atoms with Crippen LogP contribution in [0.4, 0.5) is 5.69 Å². The molecule has 0 bridgehead atoms. The Labute approximate surface area is 115 Å². The second-order valence-electron chi connectivity index (χ2n) is 5.23. The number of likely N-dealkylation sites (N-methyl/N-ethyl adjacent to an activating group) is 1. The van der Waals surface area contributed by atoms with E-state index in [9.17, 15) is 0 Å². The molecule has 1 saturated heterocycles. The molecular formula is C15H24N2O2. The third-order valence-electron chi connectivity index (χ3n) is 3.67. The Morgan fingerprint density at radius 3 is 2.58 bits per heavy atom. The fraction of sp³-hybridized carbons (Fsp3) is 0.600. The van der Waals surface area contributed by atoms with E-state index in [1.54, 1.807) is 7.11 Å².